The van der Waals surface area contributed by atoms with Gasteiger partial charge in [0.2, 0.25) is 0 Å². The van der Waals surface area contributed by atoms with Gasteiger partial charge in [0.25, 0.3) is 0 Å². The number of fused-ring (bicyclic) bond motifs is 10. The summed E-state index contributed by atoms with van der Waals surface area (Å²) in [7, 11) is 0. The maximum atomic E-state index is 2.50. The van der Waals surface area contributed by atoms with Crippen LogP contribution in [0.4, 0.5) is 0 Å². The van der Waals surface area contributed by atoms with Crippen LogP contribution in [0.3, 0.4) is 0 Å². The van der Waals surface area contributed by atoms with Gasteiger partial charge in [-0.2, -0.15) is 0 Å². The predicted molar refractivity (Wildman–Crippen MR) is 307 cm³/mol. The van der Waals surface area contributed by atoms with Crippen molar-refractivity contribution in [2.24, 2.45) is 0 Å². The smallest absolute Gasteiger partial charge is 0.0547 e. The zero-order chi connectivity index (χ0) is 47.3. The Morgan fingerprint density at radius 1 is 0.181 bits per heavy atom. The first-order chi connectivity index (χ1) is 35.8. The molecule has 13 aromatic carbocycles. The van der Waals surface area contributed by atoms with Crippen molar-refractivity contribution < 1.29 is 0 Å². The van der Waals surface area contributed by atoms with Gasteiger partial charge in [-0.05, 0) is 142 Å². The number of para-hydroxylation sites is 4. The van der Waals surface area contributed by atoms with Crippen molar-refractivity contribution in [2.45, 2.75) is 0 Å². The molecule has 0 unspecified atom stereocenters. The van der Waals surface area contributed by atoms with Gasteiger partial charge < -0.3 is 9.13 Å². The van der Waals surface area contributed by atoms with Crippen LogP contribution in [0.1, 0.15) is 0 Å². The summed E-state index contributed by atoms with van der Waals surface area (Å²) in [6.07, 6.45) is 0. The summed E-state index contributed by atoms with van der Waals surface area (Å²) < 4.78 is 4.85. The van der Waals surface area contributed by atoms with E-state index >= 15 is 0 Å². The second kappa shape index (κ2) is 16.0. The average molecular weight is 913 g/mol. The molecular weight excluding hydrogens is 869 g/mol. The molecule has 0 spiro atoms. The Kier molecular flexibility index (Phi) is 8.99. The molecule has 2 nitrogen and oxygen atoms in total. The van der Waals surface area contributed by atoms with Gasteiger partial charge in [0.15, 0.2) is 0 Å². The molecule has 2 heteroatoms. The Bertz CT molecular complexity index is 4380. The van der Waals surface area contributed by atoms with Crippen molar-refractivity contribution in [1.82, 2.24) is 9.13 Å². The van der Waals surface area contributed by atoms with Crippen LogP contribution < -0.4 is 0 Å². The number of aromatic nitrogens is 2. The Balaban J connectivity index is 1.07. The molecule has 0 saturated carbocycles. The maximum absolute atomic E-state index is 2.50. The first-order valence-corrected chi connectivity index (χ1v) is 24.9. The summed E-state index contributed by atoms with van der Waals surface area (Å²) in [4.78, 5) is 0. The van der Waals surface area contributed by atoms with Gasteiger partial charge in [-0.25, -0.2) is 0 Å². The highest BCUT2D eigenvalue weighted by molar-refractivity contribution is 6.29. The van der Waals surface area contributed by atoms with E-state index in [1.807, 2.05) is 0 Å². The molecule has 0 N–H and O–H groups in total. The van der Waals surface area contributed by atoms with Gasteiger partial charge in [-0.3, -0.25) is 0 Å². The molecule has 15 rings (SSSR count). The zero-order valence-electron chi connectivity index (χ0n) is 39.3. The normalized spacial score (nSPS) is 11.9. The van der Waals surface area contributed by atoms with Gasteiger partial charge in [-0.1, -0.05) is 212 Å². The first kappa shape index (κ1) is 40.4. The summed E-state index contributed by atoms with van der Waals surface area (Å²) in [6.45, 7) is 0. The lowest BCUT2D eigenvalue weighted by atomic mass is 9.81. The van der Waals surface area contributed by atoms with Gasteiger partial charge in [-0.15, -0.1) is 0 Å². The second-order valence-corrected chi connectivity index (χ2v) is 19.1. The molecule has 0 aliphatic rings. The molecule has 0 atom stereocenters. The van der Waals surface area contributed by atoms with Crippen molar-refractivity contribution in [3.8, 4) is 55.9 Å². The minimum absolute atomic E-state index is 1.15. The minimum Gasteiger partial charge on any atom is -0.309 e. The number of hydrogen-bond donors (Lipinski definition) is 0. The van der Waals surface area contributed by atoms with Crippen LogP contribution in [-0.2, 0) is 0 Å². The molecule has 0 radical (unpaired) electrons. The van der Waals surface area contributed by atoms with Crippen LogP contribution in [0.2, 0.25) is 0 Å². The fraction of sp³-hybridized carbons (Fsp3) is 0. The van der Waals surface area contributed by atoms with E-state index in [1.165, 1.54) is 131 Å². The van der Waals surface area contributed by atoms with Gasteiger partial charge in [0.1, 0.15) is 0 Å². The Morgan fingerprint density at radius 3 is 0.958 bits per heavy atom. The quantitative estimate of drug-likeness (QED) is 0.147. The molecule has 2 aromatic heterocycles. The van der Waals surface area contributed by atoms with Crippen LogP contribution in [0.15, 0.2) is 267 Å². The van der Waals surface area contributed by atoms with E-state index in [4.69, 9.17) is 0 Å². The molecule has 0 fully saturated rings. The van der Waals surface area contributed by atoms with Crippen LogP contribution in [0, 0.1) is 0 Å². The number of nitrogens with zero attached hydrogens (tertiary/aromatic N) is 2. The third kappa shape index (κ3) is 6.03. The Hall–Kier alpha value is -9.50. The molecule has 0 aliphatic heterocycles. The van der Waals surface area contributed by atoms with Crippen molar-refractivity contribution in [3.63, 3.8) is 0 Å². The van der Waals surface area contributed by atoms with E-state index in [0.29, 0.717) is 0 Å². The zero-order valence-corrected chi connectivity index (χ0v) is 39.3. The summed E-state index contributed by atoms with van der Waals surface area (Å²) in [5.41, 5.74) is 16.8. The maximum Gasteiger partial charge on any atom is 0.0547 e. The fourth-order valence-corrected chi connectivity index (χ4v) is 12.2. The molecule has 0 saturated heterocycles. The molecule has 72 heavy (non-hydrogen) atoms. The summed E-state index contributed by atoms with van der Waals surface area (Å²) >= 11 is 0. The molecule has 0 aliphatic carbocycles. The lowest BCUT2D eigenvalue weighted by Crippen LogP contribution is -1.95. The predicted octanol–water partition coefficient (Wildman–Crippen LogP) is 19.2. The van der Waals surface area contributed by atoms with Crippen LogP contribution in [0.5, 0.6) is 0 Å². The fourth-order valence-electron chi connectivity index (χ4n) is 12.2. The van der Waals surface area contributed by atoms with Crippen LogP contribution >= 0.6 is 0 Å². The Morgan fingerprint density at radius 2 is 0.514 bits per heavy atom. The van der Waals surface area contributed by atoms with Crippen LogP contribution in [-0.4, -0.2) is 9.13 Å². The van der Waals surface area contributed by atoms with Crippen molar-refractivity contribution in [2.75, 3.05) is 0 Å². The molecule has 0 bridgehead atoms. The molecule has 2 heterocycles. The van der Waals surface area contributed by atoms with E-state index in [9.17, 15) is 0 Å². The summed E-state index contributed by atoms with van der Waals surface area (Å²) in [6, 6.07) is 98.8. The molecule has 0 amide bonds. The summed E-state index contributed by atoms with van der Waals surface area (Å²) in [5.74, 6) is 0. The average Bonchev–Trinajstić information content (AvgIpc) is 3.96. The highest BCUT2D eigenvalue weighted by Gasteiger charge is 2.23. The topological polar surface area (TPSA) is 9.86 Å². The van der Waals surface area contributed by atoms with Gasteiger partial charge >= 0.3 is 0 Å². The van der Waals surface area contributed by atoms with E-state index in [1.54, 1.807) is 0 Å². The molecular formula is C70H44N2. The molecule has 15 aromatic rings. The third-order valence-corrected chi connectivity index (χ3v) is 15.3. The lowest BCUT2D eigenvalue weighted by Gasteiger charge is -2.22. The SMILES string of the molecule is c1ccc(-c2c3ccccc3c(-c3c4cccc(-c5ccc6c7ccccc7n(-c7ccccc7)c6c5)c4cc4c(-c5ccc6c7ccccc7n(-c7ccccc7)c6c5)cccc34)c3ccccc23)cc1. The van der Waals surface area contributed by atoms with Crippen molar-refractivity contribution >= 4 is 86.7 Å². The van der Waals surface area contributed by atoms with Crippen LogP contribution in [0.25, 0.3) is 143 Å². The van der Waals surface area contributed by atoms with Gasteiger partial charge in [0, 0.05) is 32.9 Å². The number of hydrogen-bond acceptors (Lipinski definition) is 0. The van der Waals surface area contributed by atoms with Crippen molar-refractivity contribution in [3.05, 3.63) is 267 Å². The Labute approximate surface area is 416 Å². The minimum atomic E-state index is 1.15. The van der Waals surface area contributed by atoms with Gasteiger partial charge in [0.05, 0.1) is 22.1 Å². The highest BCUT2D eigenvalue weighted by Crippen LogP contribution is 2.50. The standard InChI is InChI=1S/C70H44N2/c1-4-20-45(21-5-1)68-56-28-10-12-30-58(56)69(59-31-13-11-29-57(59)68)70-60-34-18-32-50(46-38-40-54-52-26-14-16-36-64(52)71(66(54)42-46)48-22-6-2-7-23-48)62(60)44-63-51(33-19-35-61(63)70)47-39-41-55-53-27-15-17-37-65(53)72(67(55)43-47)49-24-8-3-9-25-49/h1-44H. The number of rotatable bonds is 6. The third-order valence-electron chi connectivity index (χ3n) is 15.3. The monoisotopic (exact) mass is 912 g/mol. The van der Waals surface area contributed by atoms with E-state index in [-0.39, 0.29) is 0 Å². The van der Waals surface area contributed by atoms with Crippen molar-refractivity contribution in [1.29, 1.82) is 0 Å². The first-order valence-electron chi connectivity index (χ1n) is 24.9. The largest absolute Gasteiger partial charge is 0.309 e. The van der Waals surface area contributed by atoms with E-state index in [0.717, 1.165) is 11.4 Å². The highest BCUT2D eigenvalue weighted by atomic mass is 15.0. The van der Waals surface area contributed by atoms with E-state index < -0.39 is 0 Å². The number of benzene rings is 13. The summed E-state index contributed by atoms with van der Waals surface area (Å²) in [5, 5.41) is 14.8. The lowest BCUT2D eigenvalue weighted by molar-refractivity contribution is 1.18. The molecule has 334 valence electrons. The second-order valence-electron chi connectivity index (χ2n) is 19.1. The van der Waals surface area contributed by atoms with E-state index in [2.05, 4.69) is 276 Å².